The van der Waals surface area contributed by atoms with E-state index in [4.69, 9.17) is 4.74 Å². The third kappa shape index (κ3) is 1.97. The van der Waals surface area contributed by atoms with E-state index in [-0.39, 0.29) is 16.8 Å². The van der Waals surface area contributed by atoms with Gasteiger partial charge in [0.15, 0.2) is 0 Å². The van der Waals surface area contributed by atoms with Crippen molar-refractivity contribution in [3.05, 3.63) is 11.1 Å². The van der Waals surface area contributed by atoms with Gasteiger partial charge in [-0.05, 0) is 38.5 Å². The lowest BCUT2D eigenvalue weighted by molar-refractivity contribution is -0.138. The largest absolute Gasteiger partial charge is 0.466 e. The standard InChI is InChI=1S/C16H25NO3/c1-10-6-7-11-15(2,3)12(17-19)8-9-16(11,4)13(10)14(18)20-5/h11,19H,6-9H2,1-5H3/b17-12+/t11-,16-/m0/s1. The number of carbonyl (C=O) groups is 1. The Morgan fingerprint density at radius 3 is 2.55 bits per heavy atom. The lowest BCUT2D eigenvalue weighted by atomic mass is 9.49. The second-order valence-electron chi connectivity index (χ2n) is 6.92. The lowest BCUT2D eigenvalue weighted by Crippen LogP contribution is -2.51. The Balaban J connectivity index is 2.53. The number of hydrogen-bond donors (Lipinski definition) is 1. The third-order valence-electron chi connectivity index (χ3n) is 5.58. The number of nitrogens with zero attached hydrogens (tertiary/aromatic N) is 1. The molecule has 4 heteroatoms. The first-order valence-corrected chi connectivity index (χ1v) is 7.29. The van der Waals surface area contributed by atoms with E-state index < -0.39 is 0 Å². The highest BCUT2D eigenvalue weighted by atomic mass is 16.5. The van der Waals surface area contributed by atoms with Crippen LogP contribution in [0.2, 0.25) is 0 Å². The molecule has 2 aliphatic rings. The molecular weight excluding hydrogens is 254 g/mol. The quantitative estimate of drug-likeness (QED) is 0.453. The summed E-state index contributed by atoms with van der Waals surface area (Å²) in [4.78, 5) is 12.2. The van der Waals surface area contributed by atoms with Gasteiger partial charge in [0.05, 0.1) is 12.8 Å². The SMILES string of the molecule is COC(=O)C1=C(C)CC[C@H]2C(C)(C)/C(=N/O)CC[C@]12C. The Kier molecular flexibility index (Phi) is 3.69. The van der Waals surface area contributed by atoms with Crippen LogP contribution in [0.1, 0.15) is 53.4 Å². The summed E-state index contributed by atoms with van der Waals surface area (Å²) < 4.78 is 5.02. The maximum Gasteiger partial charge on any atom is 0.334 e. The first kappa shape index (κ1) is 15.1. The van der Waals surface area contributed by atoms with Crippen LogP contribution in [0.3, 0.4) is 0 Å². The van der Waals surface area contributed by atoms with Gasteiger partial charge in [-0.15, -0.1) is 0 Å². The second-order valence-corrected chi connectivity index (χ2v) is 6.92. The fraction of sp³-hybridized carbons (Fsp3) is 0.750. The van der Waals surface area contributed by atoms with E-state index in [0.717, 1.165) is 42.5 Å². The second kappa shape index (κ2) is 4.90. The Bertz CT molecular complexity index is 490. The van der Waals surface area contributed by atoms with E-state index in [1.54, 1.807) is 0 Å². The summed E-state index contributed by atoms with van der Waals surface area (Å²) in [6.45, 7) is 8.46. The molecule has 2 aliphatic carbocycles. The molecule has 0 radical (unpaired) electrons. The molecule has 0 aliphatic heterocycles. The zero-order valence-corrected chi connectivity index (χ0v) is 13.1. The highest BCUT2D eigenvalue weighted by Crippen LogP contribution is 2.58. The van der Waals surface area contributed by atoms with Crippen LogP contribution in [-0.2, 0) is 9.53 Å². The van der Waals surface area contributed by atoms with Gasteiger partial charge >= 0.3 is 5.97 Å². The normalized spacial score (nSPS) is 34.9. The summed E-state index contributed by atoms with van der Waals surface area (Å²) in [6.07, 6.45) is 3.49. The van der Waals surface area contributed by atoms with E-state index in [0.29, 0.717) is 5.92 Å². The summed E-state index contributed by atoms with van der Waals surface area (Å²) in [5.74, 6) is 0.0994. The van der Waals surface area contributed by atoms with Crippen molar-refractivity contribution in [1.29, 1.82) is 0 Å². The molecule has 1 saturated carbocycles. The van der Waals surface area contributed by atoms with Gasteiger partial charge in [0, 0.05) is 16.4 Å². The number of hydrogen-bond acceptors (Lipinski definition) is 4. The maximum atomic E-state index is 12.2. The van der Waals surface area contributed by atoms with Crippen molar-refractivity contribution in [3.63, 3.8) is 0 Å². The molecule has 0 amide bonds. The molecule has 112 valence electrons. The molecule has 20 heavy (non-hydrogen) atoms. The van der Waals surface area contributed by atoms with Gasteiger partial charge in [-0.2, -0.15) is 0 Å². The lowest BCUT2D eigenvalue weighted by Gasteiger charge is -2.54. The fourth-order valence-corrected chi connectivity index (χ4v) is 4.51. The van der Waals surface area contributed by atoms with Crippen molar-refractivity contribution in [2.75, 3.05) is 7.11 Å². The molecular formula is C16H25NO3. The van der Waals surface area contributed by atoms with Gasteiger partial charge in [-0.1, -0.05) is 31.5 Å². The average molecular weight is 279 g/mol. The summed E-state index contributed by atoms with van der Waals surface area (Å²) in [5, 5.41) is 12.8. The maximum absolute atomic E-state index is 12.2. The van der Waals surface area contributed by atoms with Crippen LogP contribution in [0.4, 0.5) is 0 Å². The number of fused-ring (bicyclic) bond motifs is 1. The number of methoxy groups -OCH3 is 1. The predicted molar refractivity (Wildman–Crippen MR) is 77.8 cm³/mol. The number of esters is 1. The molecule has 0 saturated heterocycles. The molecule has 0 aromatic heterocycles. The number of allylic oxidation sites excluding steroid dienone is 1. The van der Waals surface area contributed by atoms with Crippen LogP contribution in [0.15, 0.2) is 16.3 Å². The van der Waals surface area contributed by atoms with Gasteiger partial charge in [0.2, 0.25) is 0 Å². The summed E-state index contributed by atoms with van der Waals surface area (Å²) in [7, 11) is 1.45. The predicted octanol–water partition coefficient (Wildman–Crippen LogP) is 3.54. The van der Waals surface area contributed by atoms with Crippen LogP contribution in [0.25, 0.3) is 0 Å². The molecule has 0 aromatic carbocycles. The number of carbonyl (C=O) groups excluding carboxylic acids is 1. The Hall–Kier alpha value is -1.32. The Morgan fingerprint density at radius 1 is 1.35 bits per heavy atom. The smallest absolute Gasteiger partial charge is 0.334 e. The fourth-order valence-electron chi connectivity index (χ4n) is 4.51. The van der Waals surface area contributed by atoms with E-state index in [1.807, 2.05) is 6.92 Å². The molecule has 4 nitrogen and oxygen atoms in total. The van der Waals surface area contributed by atoms with Gasteiger partial charge in [-0.3, -0.25) is 0 Å². The van der Waals surface area contributed by atoms with Gasteiger partial charge in [0.25, 0.3) is 0 Å². The minimum atomic E-state index is -0.199. The van der Waals surface area contributed by atoms with E-state index in [1.165, 1.54) is 7.11 Å². The molecule has 0 bridgehead atoms. The van der Waals surface area contributed by atoms with Gasteiger partial charge < -0.3 is 9.94 Å². The Labute approximate surface area is 120 Å². The Morgan fingerprint density at radius 2 is 2.00 bits per heavy atom. The van der Waals surface area contributed by atoms with Crippen molar-refractivity contribution in [2.24, 2.45) is 21.9 Å². The minimum Gasteiger partial charge on any atom is -0.466 e. The van der Waals surface area contributed by atoms with Crippen molar-refractivity contribution >= 4 is 11.7 Å². The van der Waals surface area contributed by atoms with Crippen molar-refractivity contribution in [3.8, 4) is 0 Å². The van der Waals surface area contributed by atoms with Crippen molar-refractivity contribution < 1.29 is 14.7 Å². The zero-order chi connectivity index (χ0) is 15.1. The van der Waals surface area contributed by atoms with Gasteiger partial charge in [-0.25, -0.2) is 4.79 Å². The third-order valence-corrected chi connectivity index (χ3v) is 5.58. The highest BCUT2D eigenvalue weighted by Gasteiger charge is 2.54. The zero-order valence-electron chi connectivity index (χ0n) is 13.1. The first-order valence-electron chi connectivity index (χ1n) is 7.29. The molecule has 0 unspecified atom stereocenters. The van der Waals surface area contributed by atoms with E-state index in [9.17, 15) is 10.0 Å². The topological polar surface area (TPSA) is 58.9 Å². The minimum absolute atomic E-state index is 0.187. The first-order chi connectivity index (χ1) is 9.29. The summed E-state index contributed by atoms with van der Waals surface area (Å²) >= 11 is 0. The molecule has 2 rings (SSSR count). The average Bonchev–Trinajstić information content (AvgIpc) is 2.37. The number of oxime groups is 1. The van der Waals surface area contributed by atoms with E-state index in [2.05, 4.69) is 25.9 Å². The van der Waals surface area contributed by atoms with Crippen LogP contribution < -0.4 is 0 Å². The molecule has 0 heterocycles. The monoisotopic (exact) mass is 279 g/mol. The van der Waals surface area contributed by atoms with Crippen LogP contribution in [0.5, 0.6) is 0 Å². The van der Waals surface area contributed by atoms with Crippen molar-refractivity contribution in [2.45, 2.75) is 53.4 Å². The van der Waals surface area contributed by atoms with E-state index >= 15 is 0 Å². The molecule has 2 atom stereocenters. The van der Waals surface area contributed by atoms with Crippen LogP contribution >= 0.6 is 0 Å². The molecule has 1 N–H and O–H groups in total. The molecule has 0 spiro atoms. The van der Waals surface area contributed by atoms with Crippen LogP contribution in [0, 0.1) is 16.7 Å². The molecule has 1 fully saturated rings. The number of ether oxygens (including phenoxy) is 1. The summed E-state index contributed by atoms with van der Waals surface area (Å²) in [6, 6.07) is 0. The number of rotatable bonds is 1. The summed E-state index contributed by atoms with van der Waals surface area (Å²) in [5.41, 5.74) is 2.47. The molecule has 0 aromatic rings. The van der Waals surface area contributed by atoms with Crippen molar-refractivity contribution in [1.82, 2.24) is 0 Å². The van der Waals surface area contributed by atoms with Gasteiger partial charge in [0.1, 0.15) is 0 Å². The highest BCUT2D eigenvalue weighted by molar-refractivity contribution is 5.94. The van der Waals surface area contributed by atoms with Crippen LogP contribution in [-0.4, -0.2) is 24.0 Å².